The molecule has 1 saturated heterocycles. The molecule has 2 heterocycles. The molecule has 4 rings (SSSR count). The molecule has 2 atom stereocenters. The molecular weight excluding hydrogens is 340 g/mol. The number of rotatable bonds is 4. The third kappa shape index (κ3) is 2.79. The first kappa shape index (κ1) is 17.3. The van der Waals surface area contributed by atoms with Gasteiger partial charge in [-0.2, -0.15) is 0 Å². The smallest absolute Gasteiger partial charge is 0.354 e. The fourth-order valence-electron chi connectivity index (χ4n) is 4.14. The highest BCUT2D eigenvalue weighted by Gasteiger charge is 2.52. The number of ketones is 1. The molecule has 1 fully saturated rings. The van der Waals surface area contributed by atoms with Crippen molar-refractivity contribution < 1.29 is 14.3 Å². The van der Waals surface area contributed by atoms with E-state index in [1.807, 2.05) is 60.7 Å². The molecule has 0 amide bonds. The molecule has 0 aromatic heterocycles. The molecule has 1 aromatic carbocycles. The lowest BCUT2D eigenvalue weighted by Crippen LogP contribution is -2.35. The minimum Gasteiger partial charge on any atom is -0.461 e. The van der Waals surface area contributed by atoms with Gasteiger partial charge in [0.2, 0.25) is 0 Å². The Morgan fingerprint density at radius 3 is 2.81 bits per heavy atom. The Bertz CT molecular complexity index is 895. The van der Waals surface area contributed by atoms with Crippen LogP contribution in [0.3, 0.4) is 0 Å². The van der Waals surface area contributed by atoms with Crippen molar-refractivity contribution in [3.05, 3.63) is 83.2 Å². The van der Waals surface area contributed by atoms with E-state index in [0.29, 0.717) is 31.0 Å². The summed E-state index contributed by atoms with van der Waals surface area (Å²) in [6.07, 6.45) is 9.91. The maximum Gasteiger partial charge on any atom is 0.354 e. The van der Waals surface area contributed by atoms with E-state index in [2.05, 4.69) is 10.6 Å². The van der Waals surface area contributed by atoms with Crippen LogP contribution in [0.1, 0.15) is 17.3 Å². The fourth-order valence-corrected chi connectivity index (χ4v) is 4.14. The quantitative estimate of drug-likeness (QED) is 0.636. The normalized spacial score (nSPS) is 25.5. The summed E-state index contributed by atoms with van der Waals surface area (Å²) in [7, 11) is 0. The predicted octanol–water partition coefficient (Wildman–Crippen LogP) is 2.51. The Morgan fingerprint density at radius 1 is 1.22 bits per heavy atom. The molecule has 138 valence electrons. The van der Waals surface area contributed by atoms with E-state index in [-0.39, 0.29) is 11.7 Å². The van der Waals surface area contributed by atoms with Crippen LogP contribution in [0.25, 0.3) is 0 Å². The summed E-state index contributed by atoms with van der Waals surface area (Å²) in [5.41, 5.74) is 2.35. The Balaban J connectivity index is 1.83. The average molecular weight is 362 g/mol. The van der Waals surface area contributed by atoms with Crippen LogP contribution in [0.2, 0.25) is 0 Å². The van der Waals surface area contributed by atoms with Gasteiger partial charge in [-0.1, -0.05) is 48.6 Å². The molecule has 2 unspecified atom stereocenters. The van der Waals surface area contributed by atoms with Crippen molar-refractivity contribution in [1.82, 2.24) is 10.6 Å². The van der Waals surface area contributed by atoms with Gasteiger partial charge in [-0.05, 0) is 24.6 Å². The van der Waals surface area contributed by atoms with Gasteiger partial charge in [-0.25, -0.2) is 4.79 Å². The highest BCUT2D eigenvalue weighted by molar-refractivity contribution is 6.00. The Kier molecular flexibility index (Phi) is 4.44. The van der Waals surface area contributed by atoms with Crippen LogP contribution in [-0.4, -0.2) is 31.4 Å². The van der Waals surface area contributed by atoms with Crippen molar-refractivity contribution >= 4 is 11.8 Å². The number of allylic oxidation sites excluding steroid dienone is 4. The second-order valence-corrected chi connectivity index (χ2v) is 6.79. The number of esters is 1. The van der Waals surface area contributed by atoms with Gasteiger partial charge in [-0.15, -0.1) is 0 Å². The van der Waals surface area contributed by atoms with Gasteiger partial charge in [0, 0.05) is 24.4 Å². The summed E-state index contributed by atoms with van der Waals surface area (Å²) in [5, 5.41) is 6.53. The summed E-state index contributed by atoms with van der Waals surface area (Å²) in [6.45, 7) is 3.11. The molecule has 5 nitrogen and oxygen atoms in total. The summed E-state index contributed by atoms with van der Waals surface area (Å²) in [4.78, 5) is 25.8. The van der Waals surface area contributed by atoms with Crippen LogP contribution in [-0.2, 0) is 9.53 Å². The molecule has 2 aliphatic heterocycles. The number of nitrogens with one attached hydrogen (secondary N) is 2. The number of ether oxygens (including phenoxy) is 1. The van der Waals surface area contributed by atoms with Crippen LogP contribution >= 0.6 is 0 Å². The molecule has 27 heavy (non-hydrogen) atoms. The van der Waals surface area contributed by atoms with Crippen molar-refractivity contribution in [3.8, 4) is 0 Å². The Labute approximate surface area is 158 Å². The molecule has 1 aliphatic carbocycles. The van der Waals surface area contributed by atoms with Crippen molar-refractivity contribution in [1.29, 1.82) is 0 Å². The number of hydrogen-bond donors (Lipinski definition) is 2. The second-order valence-electron chi connectivity index (χ2n) is 6.79. The molecule has 2 N–H and O–H groups in total. The summed E-state index contributed by atoms with van der Waals surface area (Å²) in [5.74, 6) is -0.672. The van der Waals surface area contributed by atoms with E-state index in [4.69, 9.17) is 4.74 Å². The SMILES string of the molecule is CCOC(=O)C1=CC23C(=CCN1)C=CC=C2NCC3C(=O)c1ccccc1. The summed E-state index contributed by atoms with van der Waals surface area (Å²) < 4.78 is 5.21. The van der Waals surface area contributed by atoms with Gasteiger partial charge in [-0.3, -0.25) is 4.79 Å². The van der Waals surface area contributed by atoms with Gasteiger partial charge in [0.15, 0.2) is 5.78 Å². The summed E-state index contributed by atoms with van der Waals surface area (Å²) in [6, 6.07) is 9.32. The van der Waals surface area contributed by atoms with Crippen LogP contribution in [0.4, 0.5) is 0 Å². The predicted molar refractivity (Wildman–Crippen MR) is 103 cm³/mol. The zero-order valence-corrected chi connectivity index (χ0v) is 15.2. The molecule has 1 aromatic rings. The van der Waals surface area contributed by atoms with Crippen LogP contribution in [0, 0.1) is 11.3 Å². The third-order valence-corrected chi connectivity index (χ3v) is 5.36. The molecular formula is C22H22N2O3. The van der Waals surface area contributed by atoms with E-state index in [1.54, 1.807) is 6.92 Å². The molecule has 5 heteroatoms. The lowest BCUT2D eigenvalue weighted by Gasteiger charge is -2.35. The van der Waals surface area contributed by atoms with Crippen molar-refractivity contribution in [2.24, 2.45) is 11.3 Å². The van der Waals surface area contributed by atoms with E-state index < -0.39 is 11.4 Å². The van der Waals surface area contributed by atoms with E-state index in [0.717, 1.165) is 11.3 Å². The van der Waals surface area contributed by atoms with Crippen molar-refractivity contribution in [2.45, 2.75) is 6.92 Å². The highest BCUT2D eigenvalue weighted by Crippen LogP contribution is 2.51. The number of Topliss-reactive ketones (excluding diaryl/α,β-unsaturated/α-hetero) is 1. The molecule has 0 bridgehead atoms. The molecule has 3 aliphatic rings. The van der Waals surface area contributed by atoms with Crippen LogP contribution in [0.5, 0.6) is 0 Å². The zero-order valence-electron chi connectivity index (χ0n) is 15.2. The van der Waals surface area contributed by atoms with Gasteiger partial charge < -0.3 is 15.4 Å². The second kappa shape index (κ2) is 6.91. The summed E-state index contributed by atoms with van der Waals surface area (Å²) >= 11 is 0. The van der Waals surface area contributed by atoms with Gasteiger partial charge >= 0.3 is 5.97 Å². The van der Waals surface area contributed by atoms with Gasteiger partial charge in [0.25, 0.3) is 0 Å². The number of benzene rings is 1. The lowest BCUT2D eigenvalue weighted by atomic mass is 9.65. The number of hydrogen-bond acceptors (Lipinski definition) is 5. The van der Waals surface area contributed by atoms with E-state index >= 15 is 0 Å². The van der Waals surface area contributed by atoms with E-state index in [1.165, 1.54) is 0 Å². The Morgan fingerprint density at radius 2 is 2.04 bits per heavy atom. The number of carbonyl (C=O) groups is 2. The largest absolute Gasteiger partial charge is 0.461 e. The third-order valence-electron chi connectivity index (χ3n) is 5.36. The van der Waals surface area contributed by atoms with Crippen molar-refractivity contribution in [3.63, 3.8) is 0 Å². The highest BCUT2D eigenvalue weighted by atomic mass is 16.5. The zero-order chi connectivity index (χ0) is 18.9. The number of carbonyl (C=O) groups excluding carboxylic acids is 2. The topological polar surface area (TPSA) is 67.4 Å². The standard InChI is InChI=1S/C22H22N2O3/c1-2-27-21(26)18-13-22-16(11-12-23-18)9-6-10-19(22)24-14-17(22)20(25)15-7-4-3-5-8-15/h3-11,13,17,23-24H,2,12,14H2,1H3. The average Bonchev–Trinajstić information content (AvgIpc) is 2.94. The maximum atomic E-state index is 13.4. The maximum absolute atomic E-state index is 13.4. The van der Waals surface area contributed by atoms with Gasteiger partial charge in [0.05, 0.1) is 17.9 Å². The molecule has 1 spiro atoms. The minimum absolute atomic E-state index is 0.0639. The lowest BCUT2D eigenvalue weighted by molar-refractivity contribution is -0.139. The van der Waals surface area contributed by atoms with Crippen molar-refractivity contribution in [2.75, 3.05) is 19.7 Å². The van der Waals surface area contributed by atoms with Crippen LogP contribution < -0.4 is 10.6 Å². The fraction of sp³-hybridized carbons (Fsp3) is 0.273. The first-order valence-corrected chi connectivity index (χ1v) is 9.23. The molecule has 0 saturated carbocycles. The monoisotopic (exact) mass is 362 g/mol. The minimum atomic E-state index is -0.687. The van der Waals surface area contributed by atoms with E-state index in [9.17, 15) is 9.59 Å². The van der Waals surface area contributed by atoms with Gasteiger partial charge in [0.1, 0.15) is 5.70 Å². The molecule has 0 radical (unpaired) electrons. The first-order valence-electron chi connectivity index (χ1n) is 9.23. The first-order chi connectivity index (χ1) is 13.2. The Hall–Kier alpha value is -3.08. The van der Waals surface area contributed by atoms with Crippen LogP contribution in [0.15, 0.2) is 77.7 Å².